The summed E-state index contributed by atoms with van der Waals surface area (Å²) in [6, 6.07) is 7.43. The third kappa shape index (κ3) is 5.25. The van der Waals surface area contributed by atoms with Crippen LogP contribution in [0.25, 0.3) is 0 Å². The van der Waals surface area contributed by atoms with Gasteiger partial charge in [-0.3, -0.25) is 4.79 Å². The van der Waals surface area contributed by atoms with Crippen LogP contribution in [-0.4, -0.2) is 28.3 Å². The average Bonchev–Trinajstić information content (AvgIpc) is 2.46. The minimum atomic E-state index is -1.15. The smallest absolute Gasteiger partial charge is 0.329 e. The van der Waals surface area contributed by atoms with E-state index in [9.17, 15) is 14.7 Å². The summed E-state index contributed by atoms with van der Waals surface area (Å²) in [6.07, 6.45) is 0.735. The molecule has 0 bridgehead atoms. The highest BCUT2D eigenvalue weighted by atomic mass is 35.5. The molecule has 0 aromatic heterocycles. The fourth-order valence-electron chi connectivity index (χ4n) is 1.93. The van der Waals surface area contributed by atoms with Gasteiger partial charge in [0.1, 0.15) is 5.54 Å². The van der Waals surface area contributed by atoms with Crippen LogP contribution in [-0.2, 0) is 15.3 Å². The molecule has 1 amide bonds. The van der Waals surface area contributed by atoms with Crippen LogP contribution in [0.1, 0.15) is 32.3 Å². The molecule has 0 saturated heterocycles. The van der Waals surface area contributed by atoms with Crippen LogP contribution >= 0.6 is 23.4 Å². The molecule has 0 spiro atoms. The summed E-state index contributed by atoms with van der Waals surface area (Å²) in [6.45, 7) is 3.53. The first-order valence-corrected chi connectivity index (χ1v) is 8.33. The Labute approximate surface area is 134 Å². The lowest BCUT2D eigenvalue weighted by Gasteiger charge is -2.27. The molecule has 1 rings (SSSR count). The topological polar surface area (TPSA) is 66.4 Å². The quantitative estimate of drug-likeness (QED) is 0.767. The zero-order valence-corrected chi connectivity index (χ0v) is 13.8. The van der Waals surface area contributed by atoms with E-state index in [-0.39, 0.29) is 11.7 Å². The second-order valence-corrected chi connectivity index (χ2v) is 6.18. The fourth-order valence-corrected chi connectivity index (χ4v) is 2.84. The molecule has 0 saturated carbocycles. The Morgan fingerprint density at radius 1 is 1.24 bits per heavy atom. The minimum absolute atomic E-state index is 0.234. The van der Waals surface area contributed by atoms with Crippen LogP contribution in [0.2, 0.25) is 5.02 Å². The van der Waals surface area contributed by atoms with Crippen LogP contribution in [0.3, 0.4) is 0 Å². The summed E-state index contributed by atoms with van der Waals surface area (Å²) in [5, 5.41) is 12.6. The molecular formula is C15H20ClNO3S. The van der Waals surface area contributed by atoms with Crippen LogP contribution in [0.15, 0.2) is 24.3 Å². The molecule has 0 radical (unpaired) electrons. The monoisotopic (exact) mass is 329 g/mol. The van der Waals surface area contributed by atoms with Gasteiger partial charge in [0.25, 0.3) is 0 Å². The number of halogens is 1. The zero-order valence-electron chi connectivity index (χ0n) is 12.2. The van der Waals surface area contributed by atoms with E-state index < -0.39 is 11.5 Å². The van der Waals surface area contributed by atoms with Gasteiger partial charge in [0.2, 0.25) is 5.91 Å². The van der Waals surface area contributed by atoms with Gasteiger partial charge in [-0.2, -0.15) is 0 Å². The molecule has 0 aliphatic rings. The summed E-state index contributed by atoms with van der Waals surface area (Å²) in [4.78, 5) is 23.2. The van der Waals surface area contributed by atoms with E-state index in [0.717, 1.165) is 5.56 Å². The van der Waals surface area contributed by atoms with E-state index in [2.05, 4.69) is 5.32 Å². The number of hydrogen-bond acceptors (Lipinski definition) is 3. The Morgan fingerprint density at radius 3 is 2.29 bits per heavy atom. The van der Waals surface area contributed by atoms with Gasteiger partial charge in [0.05, 0.1) is 5.75 Å². The van der Waals surface area contributed by atoms with Crippen molar-refractivity contribution in [3.63, 3.8) is 0 Å². The van der Waals surface area contributed by atoms with Crippen molar-refractivity contribution in [2.75, 3.05) is 5.75 Å². The van der Waals surface area contributed by atoms with E-state index in [1.165, 1.54) is 11.8 Å². The van der Waals surface area contributed by atoms with Crippen LogP contribution in [0, 0.1) is 0 Å². The fraction of sp³-hybridized carbons (Fsp3) is 0.467. The number of carbonyl (C=O) groups excluding carboxylic acids is 1. The molecule has 0 atom stereocenters. The van der Waals surface area contributed by atoms with Crippen molar-refractivity contribution in [2.45, 2.75) is 38.0 Å². The van der Waals surface area contributed by atoms with Crippen LogP contribution in [0.4, 0.5) is 0 Å². The molecule has 2 N–H and O–H groups in total. The maximum Gasteiger partial charge on any atom is 0.329 e. The number of thioether (sulfide) groups is 1. The molecule has 21 heavy (non-hydrogen) atoms. The molecule has 0 fully saturated rings. The minimum Gasteiger partial charge on any atom is -0.480 e. The predicted molar refractivity (Wildman–Crippen MR) is 86.7 cm³/mol. The molecule has 1 aromatic rings. The molecular weight excluding hydrogens is 310 g/mol. The summed E-state index contributed by atoms with van der Waals surface area (Å²) in [5.74, 6) is -0.316. The predicted octanol–water partition coefficient (Wildman–Crippen LogP) is 3.33. The molecule has 6 heteroatoms. The Kier molecular flexibility index (Phi) is 7.05. The molecule has 116 valence electrons. The standard InChI is InChI=1S/C15H20ClNO3S/c1-3-15(4-2,14(19)20)17-13(18)10-21-9-11-5-7-12(16)8-6-11/h5-8H,3-4,9-10H2,1-2H3,(H,17,18)(H,19,20). The van der Waals surface area contributed by atoms with E-state index in [0.29, 0.717) is 23.6 Å². The van der Waals surface area contributed by atoms with Crippen molar-refractivity contribution in [1.29, 1.82) is 0 Å². The normalized spacial score (nSPS) is 11.2. The van der Waals surface area contributed by atoms with Crippen molar-refractivity contribution in [3.8, 4) is 0 Å². The number of amides is 1. The third-order valence-electron chi connectivity index (χ3n) is 3.41. The van der Waals surface area contributed by atoms with Gasteiger partial charge in [-0.1, -0.05) is 37.6 Å². The highest BCUT2D eigenvalue weighted by Crippen LogP contribution is 2.18. The number of nitrogens with one attached hydrogen (secondary N) is 1. The number of aliphatic carboxylic acids is 1. The number of carbonyl (C=O) groups is 2. The van der Waals surface area contributed by atoms with Crippen molar-refractivity contribution in [2.24, 2.45) is 0 Å². The highest BCUT2D eigenvalue weighted by molar-refractivity contribution is 7.99. The molecule has 1 aromatic carbocycles. The summed E-state index contributed by atoms with van der Waals surface area (Å²) in [7, 11) is 0. The number of carboxylic acid groups (broad SMARTS) is 1. The van der Waals surface area contributed by atoms with E-state index >= 15 is 0 Å². The van der Waals surface area contributed by atoms with Gasteiger partial charge in [-0.25, -0.2) is 4.79 Å². The number of carboxylic acids is 1. The Balaban J connectivity index is 2.46. The Bertz CT molecular complexity index is 486. The third-order valence-corrected chi connectivity index (χ3v) is 4.67. The van der Waals surface area contributed by atoms with Crippen LogP contribution < -0.4 is 5.32 Å². The average molecular weight is 330 g/mol. The van der Waals surface area contributed by atoms with Crippen molar-refractivity contribution in [1.82, 2.24) is 5.32 Å². The molecule has 0 aliphatic heterocycles. The lowest BCUT2D eigenvalue weighted by atomic mass is 9.93. The van der Waals surface area contributed by atoms with E-state index in [4.69, 9.17) is 11.6 Å². The number of rotatable bonds is 8. The lowest BCUT2D eigenvalue weighted by molar-refractivity contribution is -0.147. The first kappa shape index (κ1) is 17.9. The van der Waals surface area contributed by atoms with Gasteiger partial charge in [0.15, 0.2) is 0 Å². The second-order valence-electron chi connectivity index (χ2n) is 4.76. The highest BCUT2D eigenvalue weighted by Gasteiger charge is 2.36. The first-order valence-electron chi connectivity index (χ1n) is 6.80. The molecule has 0 heterocycles. The second kappa shape index (κ2) is 8.29. The van der Waals surface area contributed by atoms with Gasteiger partial charge in [-0.05, 0) is 30.5 Å². The maximum absolute atomic E-state index is 11.9. The maximum atomic E-state index is 11.9. The summed E-state index contributed by atoms with van der Waals surface area (Å²) >= 11 is 7.25. The van der Waals surface area contributed by atoms with Gasteiger partial charge < -0.3 is 10.4 Å². The lowest BCUT2D eigenvalue weighted by Crippen LogP contribution is -2.54. The van der Waals surface area contributed by atoms with Gasteiger partial charge in [0, 0.05) is 10.8 Å². The number of benzene rings is 1. The summed E-state index contributed by atoms with van der Waals surface area (Å²) < 4.78 is 0. The molecule has 0 unspecified atom stereocenters. The van der Waals surface area contributed by atoms with Gasteiger partial charge in [-0.15, -0.1) is 11.8 Å². The number of hydrogen-bond donors (Lipinski definition) is 2. The van der Waals surface area contributed by atoms with Crippen LogP contribution in [0.5, 0.6) is 0 Å². The Morgan fingerprint density at radius 2 is 1.81 bits per heavy atom. The molecule has 4 nitrogen and oxygen atoms in total. The first-order chi connectivity index (χ1) is 9.93. The Hall–Kier alpha value is -1.20. The largest absolute Gasteiger partial charge is 0.480 e. The van der Waals surface area contributed by atoms with Crippen molar-refractivity contribution >= 4 is 35.2 Å². The van der Waals surface area contributed by atoms with Crippen molar-refractivity contribution < 1.29 is 14.7 Å². The van der Waals surface area contributed by atoms with E-state index in [1.807, 2.05) is 12.1 Å². The zero-order chi connectivity index (χ0) is 15.9. The van der Waals surface area contributed by atoms with E-state index in [1.54, 1.807) is 26.0 Å². The van der Waals surface area contributed by atoms with Gasteiger partial charge >= 0.3 is 5.97 Å². The van der Waals surface area contributed by atoms with Crippen molar-refractivity contribution in [3.05, 3.63) is 34.9 Å². The molecule has 0 aliphatic carbocycles. The SMILES string of the molecule is CCC(CC)(NC(=O)CSCc1ccc(Cl)cc1)C(=O)O. The summed E-state index contributed by atoms with van der Waals surface area (Å²) in [5.41, 5.74) is -0.0783.